The second-order valence-electron chi connectivity index (χ2n) is 4.13. The first-order valence-electron chi connectivity index (χ1n) is 6.03. The van der Waals surface area contributed by atoms with Crippen LogP contribution in [0.15, 0.2) is 54.6 Å². The molecule has 0 spiro atoms. The van der Waals surface area contributed by atoms with Crippen LogP contribution in [0.25, 0.3) is 0 Å². The van der Waals surface area contributed by atoms with Gasteiger partial charge in [-0.05, 0) is 29.8 Å². The Balaban J connectivity index is 1.85. The molecule has 0 unspecified atom stereocenters. The van der Waals surface area contributed by atoms with Crippen LogP contribution in [0.2, 0.25) is 0 Å². The van der Waals surface area contributed by atoms with Gasteiger partial charge in [0.1, 0.15) is 6.61 Å². The van der Waals surface area contributed by atoms with Crippen LogP contribution in [-0.4, -0.2) is 12.0 Å². The molecule has 0 bridgehead atoms. The van der Waals surface area contributed by atoms with E-state index in [1.807, 2.05) is 18.2 Å². The second kappa shape index (κ2) is 6.38. The summed E-state index contributed by atoms with van der Waals surface area (Å²) < 4.78 is 5.07. The van der Waals surface area contributed by atoms with Crippen LogP contribution in [0, 0.1) is 0 Å². The standard InChI is InChI=1S/C15H14N2O3/c16-14(18)12-8-6-11(7-9-12)10-20-15(19)17-13-4-2-1-3-5-13/h1-9H,10H2,(H2,16,18)(H,17,19). The Morgan fingerprint density at radius 3 is 2.25 bits per heavy atom. The summed E-state index contributed by atoms with van der Waals surface area (Å²) in [6, 6.07) is 15.6. The van der Waals surface area contributed by atoms with Crippen molar-refractivity contribution < 1.29 is 14.3 Å². The van der Waals surface area contributed by atoms with Crippen molar-refractivity contribution in [1.82, 2.24) is 0 Å². The molecule has 5 nitrogen and oxygen atoms in total. The van der Waals surface area contributed by atoms with E-state index in [0.29, 0.717) is 11.3 Å². The molecule has 5 heteroatoms. The zero-order valence-corrected chi connectivity index (χ0v) is 10.7. The number of para-hydroxylation sites is 1. The lowest BCUT2D eigenvalue weighted by Gasteiger charge is -2.07. The summed E-state index contributed by atoms with van der Waals surface area (Å²) in [5.41, 5.74) is 7.00. The predicted molar refractivity (Wildman–Crippen MR) is 75.2 cm³/mol. The molecule has 2 aromatic rings. The summed E-state index contributed by atoms with van der Waals surface area (Å²) in [4.78, 5) is 22.5. The molecule has 0 aromatic heterocycles. The Bertz CT molecular complexity index is 594. The molecule has 0 radical (unpaired) electrons. The molecule has 2 aromatic carbocycles. The molecule has 0 aliphatic carbocycles. The lowest BCUT2D eigenvalue weighted by atomic mass is 10.1. The molecule has 0 atom stereocenters. The summed E-state index contributed by atoms with van der Waals surface area (Å²) >= 11 is 0. The van der Waals surface area contributed by atoms with Crippen molar-refractivity contribution >= 4 is 17.7 Å². The van der Waals surface area contributed by atoms with Crippen molar-refractivity contribution in [2.75, 3.05) is 5.32 Å². The maximum atomic E-state index is 11.6. The Morgan fingerprint density at radius 2 is 1.65 bits per heavy atom. The lowest BCUT2D eigenvalue weighted by Crippen LogP contribution is -2.13. The molecule has 0 fully saturated rings. The number of carbonyl (C=O) groups excluding carboxylic acids is 2. The number of amides is 2. The second-order valence-corrected chi connectivity index (χ2v) is 4.13. The van der Waals surface area contributed by atoms with Gasteiger partial charge in [-0.15, -0.1) is 0 Å². The number of hydrogen-bond donors (Lipinski definition) is 2. The molecule has 2 amide bonds. The Hall–Kier alpha value is -2.82. The van der Waals surface area contributed by atoms with Crippen LogP contribution in [-0.2, 0) is 11.3 Å². The molecule has 0 saturated carbocycles. The van der Waals surface area contributed by atoms with E-state index in [-0.39, 0.29) is 6.61 Å². The largest absolute Gasteiger partial charge is 0.444 e. The van der Waals surface area contributed by atoms with E-state index in [4.69, 9.17) is 10.5 Å². The maximum Gasteiger partial charge on any atom is 0.411 e. The smallest absolute Gasteiger partial charge is 0.411 e. The van der Waals surface area contributed by atoms with E-state index in [9.17, 15) is 9.59 Å². The van der Waals surface area contributed by atoms with Crippen molar-refractivity contribution in [2.24, 2.45) is 5.73 Å². The zero-order valence-electron chi connectivity index (χ0n) is 10.7. The number of nitrogens with two attached hydrogens (primary N) is 1. The van der Waals surface area contributed by atoms with Crippen LogP contribution in [0.4, 0.5) is 10.5 Å². The van der Waals surface area contributed by atoms with Gasteiger partial charge in [0.2, 0.25) is 5.91 Å². The number of rotatable bonds is 4. The third-order valence-corrected chi connectivity index (χ3v) is 2.63. The highest BCUT2D eigenvalue weighted by Gasteiger charge is 2.04. The van der Waals surface area contributed by atoms with Gasteiger partial charge in [0.05, 0.1) is 0 Å². The first-order chi connectivity index (χ1) is 9.65. The topological polar surface area (TPSA) is 81.4 Å². The SMILES string of the molecule is NC(=O)c1ccc(COC(=O)Nc2ccccc2)cc1. The van der Waals surface area contributed by atoms with E-state index < -0.39 is 12.0 Å². The number of benzene rings is 2. The van der Waals surface area contributed by atoms with Gasteiger partial charge in [-0.1, -0.05) is 30.3 Å². The van der Waals surface area contributed by atoms with Gasteiger partial charge in [-0.25, -0.2) is 4.79 Å². The molecule has 0 aliphatic heterocycles. The van der Waals surface area contributed by atoms with Gasteiger partial charge in [0.25, 0.3) is 0 Å². The Kier molecular flexibility index (Phi) is 4.34. The highest BCUT2D eigenvalue weighted by Crippen LogP contribution is 2.08. The van der Waals surface area contributed by atoms with Crippen molar-refractivity contribution in [3.8, 4) is 0 Å². The molecule has 102 valence electrons. The van der Waals surface area contributed by atoms with E-state index in [1.54, 1.807) is 36.4 Å². The van der Waals surface area contributed by atoms with E-state index in [0.717, 1.165) is 5.56 Å². The molecule has 0 heterocycles. The molecular weight excluding hydrogens is 256 g/mol. The van der Waals surface area contributed by atoms with E-state index in [2.05, 4.69) is 5.32 Å². The predicted octanol–water partition coefficient (Wildman–Crippen LogP) is 2.53. The molecule has 0 saturated heterocycles. The molecule has 20 heavy (non-hydrogen) atoms. The van der Waals surface area contributed by atoms with Gasteiger partial charge < -0.3 is 10.5 Å². The van der Waals surface area contributed by atoms with E-state index >= 15 is 0 Å². The minimum Gasteiger partial charge on any atom is -0.444 e. The zero-order chi connectivity index (χ0) is 14.4. The first-order valence-corrected chi connectivity index (χ1v) is 6.03. The Morgan fingerprint density at radius 1 is 1.00 bits per heavy atom. The summed E-state index contributed by atoms with van der Waals surface area (Å²) in [5, 5.41) is 2.61. The van der Waals surface area contributed by atoms with Crippen LogP contribution < -0.4 is 11.1 Å². The first kappa shape index (κ1) is 13.6. The van der Waals surface area contributed by atoms with Gasteiger partial charge >= 0.3 is 6.09 Å². The van der Waals surface area contributed by atoms with Gasteiger partial charge in [0.15, 0.2) is 0 Å². The lowest BCUT2D eigenvalue weighted by molar-refractivity contribution is 0.1000. The van der Waals surface area contributed by atoms with Crippen LogP contribution >= 0.6 is 0 Å². The quantitative estimate of drug-likeness (QED) is 0.895. The number of hydrogen-bond acceptors (Lipinski definition) is 3. The maximum absolute atomic E-state index is 11.6. The van der Waals surface area contributed by atoms with Gasteiger partial charge in [0, 0.05) is 11.3 Å². The van der Waals surface area contributed by atoms with Gasteiger partial charge in [-0.2, -0.15) is 0 Å². The van der Waals surface area contributed by atoms with Crippen molar-refractivity contribution in [1.29, 1.82) is 0 Å². The monoisotopic (exact) mass is 270 g/mol. The molecule has 0 aliphatic rings. The average molecular weight is 270 g/mol. The number of ether oxygens (including phenoxy) is 1. The fraction of sp³-hybridized carbons (Fsp3) is 0.0667. The van der Waals surface area contributed by atoms with Crippen molar-refractivity contribution in [3.05, 3.63) is 65.7 Å². The summed E-state index contributed by atoms with van der Waals surface area (Å²) in [7, 11) is 0. The highest BCUT2D eigenvalue weighted by atomic mass is 16.5. The summed E-state index contributed by atoms with van der Waals surface area (Å²) in [5.74, 6) is -0.487. The molecule has 2 rings (SSSR count). The third-order valence-electron chi connectivity index (χ3n) is 2.63. The van der Waals surface area contributed by atoms with Crippen molar-refractivity contribution in [2.45, 2.75) is 6.61 Å². The van der Waals surface area contributed by atoms with Gasteiger partial charge in [-0.3, -0.25) is 10.1 Å². The van der Waals surface area contributed by atoms with Crippen molar-refractivity contribution in [3.63, 3.8) is 0 Å². The van der Waals surface area contributed by atoms with E-state index in [1.165, 1.54) is 0 Å². The van der Waals surface area contributed by atoms with Crippen LogP contribution in [0.3, 0.4) is 0 Å². The van der Waals surface area contributed by atoms with Crippen LogP contribution in [0.1, 0.15) is 15.9 Å². The summed E-state index contributed by atoms with van der Waals surface area (Å²) in [6.07, 6.45) is -0.532. The fourth-order valence-electron chi connectivity index (χ4n) is 1.59. The fourth-order valence-corrected chi connectivity index (χ4v) is 1.59. The number of primary amides is 1. The minimum absolute atomic E-state index is 0.123. The number of anilines is 1. The average Bonchev–Trinajstić information content (AvgIpc) is 2.46. The normalized spacial score (nSPS) is 9.80. The Labute approximate surface area is 116 Å². The highest BCUT2D eigenvalue weighted by molar-refractivity contribution is 5.92. The summed E-state index contributed by atoms with van der Waals surface area (Å²) in [6.45, 7) is 0.123. The third kappa shape index (κ3) is 3.84. The molecular formula is C15H14N2O3. The van der Waals surface area contributed by atoms with Crippen LogP contribution in [0.5, 0.6) is 0 Å². The number of nitrogens with one attached hydrogen (secondary N) is 1. The number of carbonyl (C=O) groups is 2. The molecule has 3 N–H and O–H groups in total. The minimum atomic E-state index is -0.532.